The van der Waals surface area contributed by atoms with Crippen molar-refractivity contribution in [3.8, 4) is 0 Å². The normalized spacial score (nSPS) is 14.6. The van der Waals surface area contributed by atoms with Crippen LogP contribution in [0.1, 0.15) is 32.3 Å². The van der Waals surface area contributed by atoms with E-state index in [1.165, 1.54) is 45.0 Å². The average Bonchev–Trinajstić information content (AvgIpc) is 2.45. The molecule has 0 aliphatic carbocycles. The number of esters is 1. The number of alkyl halides is 3. The second-order valence-electron chi connectivity index (χ2n) is 6.32. The van der Waals surface area contributed by atoms with Gasteiger partial charge in [-0.1, -0.05) is 23.7 Å². The van der Waals surface area contributed by atoms with E-state index >= 15 is 0 Å². The predicted octanol–water partition coefficient (Wildman–Crippen LogP) is 2.80. The lowest BCUT2D eigenvalue weighted by atomic mass is 9.91. The molecule has 0 aromatic heterocycles. The van der Waals surface area contributed by atoms with Crippen LogP contribution in [-0.4, -0.2) is 41.4 Å². The number of aliphatic hydroxyl groups excluding tert-OH is 1. The number of carbonyl (C=O) groups excluding carboxylic acids is 2. The van der Waals surface area contributed by atoms with Gasteiger partial charge in [-0.2, -0.15) is 13.2 Å². The first kappa shape index (κ1) is 21.2. The lowest BCUT2D eigenvalue weighted by Gasteiger charge is -2.29. The highest BCUT2D eigenvalue weighted by atomic mass is 35.5. The van der Waals surface area contributed by atoms with E-state index < -0.39 is 42.2 Å². The van der Waals surface area contributed by atoms with Gasteiger partial charge in [0.15, 0.2) is 0 Å². The van der Waals surface area contributed by atoms with Gasteiger partial charge in [-0.3, -0.25) is 4.79 Å². The third-order valence-corrected chi connectivity index (χ3v) is 3.35. The van der Waals surface area contributed by atoms with Crippen molar-refractivity contribution in [2.24, 2.45) is 0 Å². The van der Waals surface area contributed by atoms with E-state index in [4.69, 9.17) is 16.3 Å². The minimum Gasteiger partial charge on any atom is -0.458 e. The Morgan fingerprint density at radius 3 is 2.12 bits per heavy atom. The molecule has 5 nitrogen and oxygen atoms in total. The molecule has 0 heterocycles. The summed E-state index contributed by atoms with van der Waals surface area (Å²) in [6.07, 6.45) is -5.18. The highest BCUT2D eigenvalue weighted by Crippen LogP contribution is 2.25. The molecule has 1 aromatic carbocycles. The largest absolute Gasteiger partial charge is 0.471 e. The number of carbonyl (C=O) groups is 2. The van der Waals surface area contributed by atoms with Gasteiger partial charge in [0.2, 0.25) is 0 Å². The van der Waals surface area contributed by atoms with Crippen LogP contribution >= 0.6 is 11.6 Å². The summed E-state index contributed by atoms with van der Waals surface area (Å²) in [7, 11) is 0. The van der Waals surface area contributed by atoms with Gasteiger partial charge in [0.25, 0.3) is 0 Å². The van der Waals surface area contributed by atoms with E-state index in [1.807, 2.05) is 0 Å². The summed E-state index contributed by atoms with van der Waals surface area (Å²) in [6.45, 7) is 3.90. The molecule has 9 heteroatoms. The summed E-state index contributed by atoms with van der Waals surface area (Å²) in [5, 5.41) is 11.6. The maximum Gasteiger partial charge on any atom is 0.471 e. The molecule has 0 spiro atoms. The lowest BCUT2D eigenvalue weighted by molar-refractivity contribution is -0.177. The van der Waals surface area contributed by atoms with Crippen LogP contribution in [0, 0.1) is 0 Å². The summed E-state index contributed by atoms with van der Waals surface area (Å²) < 4.78 is 42.9. The smallest absolute Gasteiger partial charge is 0.458 e. The Morgan fingerprint density at radius 2 is 1.72 bits per heavy atom. The number of halogens is 4. The Morgan fingerprint density at radius 1 is 1.20 bits per heavy atom. The van der Waals surface area contributed by atoms with Crippen LogP contribution in [-0.2, 0) is 14.3 Å². The molecule has 1 rings (SSSR count). The van der Waals surface area contributed by atoms with Crippen molar-refractivity contribution >= 4 is 23.5 Å². The molecule has 2 N–H and O–H groups in total. The van der Waals surface area contributed by atoms with Crippen LogP contribution < -0.4 is 5.32 Å². The Labute approximate surface area is 148 Å². The number of amides is 1. The molecule has 1 amide bonds. The number of hydrogen-bond acceptors (Lipinski definition) is 4. The molecule has 25 heavy (non-hydrogen) atoms. The van der Waals surface area contributed by atoms with Gasteiger partial charge in [-0.05, 0) is 38.5 Å². The molecule has 0 saturated carbocycles. The van der Waals surface area contributed by atoms with Crippen LogP contribution in [0.4, 0.5) is 13.2 Å². The fourth-order valence-corrected chi connectivity index (χ4v) is 2.15. The third-order valence-electron chi connectivity index (χ3n) is 3.10. The monoisotopic (exact) mass is 381 g/mol. The third kappa shape index (κ3) is 6.55. The number of hydrogen-bond donors (Lipinski definition) is 2. The van der Waals surface area contributed by atoms with Crippen molar-refractivity contribution in [3.05, 3.63) is 34.9 Å². The number of nitrogens with one attached hydrogen (secondary N) is 1. The van der Waals surface area contributed by atoms with E-state index in [0.29, 0.717) is 10.6 Å². The molecule has 0 bridgehead atoms. The Balaban J connectivity index is 3.20. The zero-order chi connectivity index (χ0) is 19.4. The fourth-order valence-electron chi connectivity index (χ4n) is 2.03. The summed E-state index contributed by atoms with van der Waals surface area (Å²) in [5.74, 6) is -4.52. The average molecular weight is 382 g/mol. The van der Waals surface area contributed by atoms with E-state index in [0.717, 1.165) is 0 Å². The summed E-state index contributed by atoms with van der Waals surface area (Å²) in [5.41, 5.74) is -0.664. The van der Waals surface area contributed by atoms with Gasteiger partial charge in [0.05, 0.1) is 6.61 Å². The maximum atomic E-state index is 12.6. The first-order valence-corrected chi connectivity index (χ1v) is 7.70. The SMILES string of the molecule is CC(C)(C)OC(=O)[C@@H](NC(=O)C(F)(F)F)[C@H](CO)c1ccc(Cl)cc1. The molecule has 0 aliphatic rings. The van der Waals surface area contributed by atoms with Gasteiger partial charge in [-0.15, -0.1) is 0 Å². The molecule has 2 atom stereocenters. The van der Waals surface area contributed by atoms with Crippen molar-refractivity contribution < 1.29 is 32.6 Å². The van der Waals surface area contributed by atoms with E-state index in [2.05, 4.69) is 0 Å². The molecule has 0 fully saturated rings. The molecule has 0 radical (unpaired) electrons. The lowest BCUT2D eigenvalue weighted by Crippen LogP contribution is -2.52. The molecule has 0 saturated heterocycles. The number of aliphatic hydroxyl groups is 1. The predicted molar refractivity (Wildman–Crippen MR) is 85.1 cm³/mol. The molecular weight excluding hydrogens is 363 g/mol. The van der Waals surface area contributed by atoms with Crippen LogP contribution in [0.3, 0.4) is 0 Å². The minimum atomic E-state index is -5.18. The second kappa shape index (κ2) is 8.05. The van der Waals surface area contributed by atoms with Gasteiger partial charge in [0, 0.05) is 10.9 Å². The molecule has 140 valence electrons. The Bertz CT molecular complexity index is 611. The molecule has 0 aliphatic heterocycles. The zero-order valence-corrected chi connectivity index (χ0v) is 14.6. The molecule has 1 aromatic rings. The van der Waals surface area contributed by atoms with Crippen molar-refractivity contribution in [2.75, 3.05) is 6.61 Å². The van der Waals surface area contributed by atoms with Gasteiger partial charge in [0.1, 0.15) is 11.6 Å². The molecular formula is C16H19ClF3NO4. The van der Waals surface area contributed by atoms with Crippen molar-refractivity contribution in [3.63, 3.8) is 0 Å². The van der Waals surface area contributed by atoms with Crippen molar-refractivity contribution in [1.29, 1.82) is 0 Å². The second-order valence-corrected chi connectivity index (χ2v) is 6.76. The minimum absolute atomic E-state index is 0.324. The van der Waals surface area contributed by atoms with Crippen LogP contribution in [0.25, 0.3) is 0 Å². The zero-order valence-electron chi connectivity index (χ0n) is 13.9. The maximum absolute atomic E-state index is 12.6. The first-order chi connectivity index (χ1) is 11.3. The quantitative estimate of drug-likeness (QED) is 0.769. The summed E-state index contributed by atoms with van der Waals surface area (Å²) >= 11 is 5.76. The highest BCUT2D eigenvalue weighted by molar-refractivity contribution is 6.30. The van der Waals surface area contributed by atoms with Crippen molar-refractivity contribution in [2.45, 2.75) is 44.5 Å². The Kier molecular flexibility index (Phi) is 6.84. The summed E-state index contributed by atoms with van der Waals surface area (Å²) in [4.78, 5) is 23.6. The standard InChI is InChI=1S/C16H19ClF3NO4/c1-15(2,3)25-13(23)12(21-14(24)16(18,19)20)11(8-22)9-4-6-10(17)7-5-9/h4-7,11-12,22H,8H2,1-3H3,(H,21,24)/t11-,12+/m1/s1. The van der Waals surface area contributed by atoms with Crippen LogP contribution in [0.2, 0.25) is 5.02 Å². The molecule has 0 unspecified atom stereocenters. The van der Waals surface area contributed by atoms with Gasteiger partial charge in [-0.25, -0.2) is 4.79 Å². The number of benzene rings is 1. The topological polar surface area (TPSA) is 75.6 Å². The highest BCUT2D eigenvalue weighted by Gasteiger charge is 2.43. The van der Waals surface area contributed by atoms with E-state index in [-0.39, 0.29) is 0 Å². The number of ether oxygens (including phenoxy) is 1. The van der Waals surface area contributed by atoms with Crippen molar-refractivity contribution in [1.82, 2.24) is 5.32 Å². The van der Waals surface area contributed by atoms with E-state index in [1.54, 1.807) is 5.32 Å². The van der Waals surface area contributed by atoms with Crippen LogP contribution in [0.15, 0.2) is 24.3 Å². The summed E-state index contributed by atoms with van der Waals surface area (Å²) in [6, 6.07) is 4.08. The van der Waals surface area contributed by atoms with Gasteiger partial charge >= 0.3 is 18.1 Å². The van der Waals surface area contributed by atoms with Gasteiger partial charge < -0.3 is 15.2 Å². The van der Waals surface area contributed by atoms with Crippen LogP contribution in [0.5, 0.6) is 0 Å². The fraction of sp³-hybridized carbons (Fsp3) is 0.500. The Hall–Kier alpha value is -1.80. The number of rotatable bonds is 5. The van der Waals surface area contributed by atoms with E-state index in [9.17, 15) is 27.9 Å². The first-order valence-electron chi connectivity index (χ1n) is 7.32.